The smallest absolute Gasteiger partial charge is 0.250 e. The lowest BCUT2D eigenvalue weighted by molar-refractivity contribution is -0.133. The molecule has 0 unspecified atom stereocenters. The maximum absolute atomic E-state index is 13.7. The summed E-state index contributed by atoms with van der Waals surface area (Å²) in [5, 5.41) is 0.690. The number of hydrogen-bond donors (Lipinski definition) is 0. The number of carbonyl (C=O) groups excluding carboxylic acids is 1. The fraction of sp³-hybridized carbons (Fsp3) is 0.231. The van der Waals surface area contributed by atoms with Gasteiger partial charge in [-0.2, -0.15) is 0 Å². The molecule has 1 aromatic heterocycles. The Kier molecular flexibility index (Phi) is 6.10. The molecule has 0 N–H and O–H groups in total. The molecule has 0 bridgehead atoms. The Hall–Kier alpha value is -3.11. The molecule has 0 radical (unpaired) electrons. The van der Waals surface area contributed by atoms with Gasteiger partial charge in [-0.25, -0.2) is 4.98 Å². The maximum atomic E-state index is 13.7. The van der Waals surface area contributed by atoms with E-state index >= 15 is 0 Å². The molecule has 0 saturated carbocycles. The standard InChI is InChI=1S/C26H26ClN3O/c1-18(2)29(3)26(31)25(20-11-5-4-6-12-20)30-23-15-8-7-14-22(23)28-24(30)17-19-10-9-13-21(27)16-19/h4-16,18,25H,17H2,1-3H3/t25-/m0/s1. The zero-order valence-electron chi connectivity index (χ0n) is 18.0. The number of amides is 1. The van der Waals surface area contributed by atoms with E-state index in [1.165, 1.54) is 0 Å². The first-order valence-corrected chi connectivity index (χ1v) is 10.9. The highest BCUT2D eigenvalue weighted by atomic mass is 35.5. The van der Waals surface area contributed by atoms with E-state index in [-0.39, 0.29) is 11.9 Å². The molecule has 3 aromatic carbocycles. The van der Waals surface area contributed by atoms with Crippen molar-refractivity contribution in [3.05, 3.63) is 101 Å². The van der Waals surface area contributed by atoms with E-state index in [0.29, 0.717) is 11.4 Å². The van der Waals surface area contributed by atoms with E-state index in [9.17, 15) is 4.79 Å². The summed E-state index contributed by atoms with van der Waals surface area (Å²) in [6.07, 6.45) is 0.581. The summed E-state index contributed by atoms with van der Waals surface area (Å²) < 4.78 is 2.09. The molecule has 0 spiro atoms. The summed E-state index contributed by atoms with van der Waals surface area (Å²) in [6, 6.07) is 25.3. The van der Waals surface area contributed by atoms with Gasteiger partial charge in [-0.1, -0.05) is 66.2 Å². The van der Waals surface area contributed by atoms with Crippen molar-refractivity contribution >= 4 is 28.5 Å². The monoisotopic (exact) mass is 431 g/mol. The highest BCUT2D eigenvalue weighted by Crippen LogP contribution is 2.30. The molecule has 1 heterocycles. The summed E-state index contributed by atoms with van der Waals surface area (Å²) in [4.78, 5) is 20.5. The van der Waals surface area contributed by atoms with Crippen LogP contribution in [0.3, 0.4) is 0 Å². The minimum Gasteiger partial charge on any atom is -0.341 e. The van der Waals surface area contributed by atoms with Crippen LogP contribution in [0.15, 0.2) is 78.9 Å². The second-order valence-electron chi connectivity index (χ2n) is 8.05. The van der Waals surface area contributed by atoms with Crippen molar-refractivity contribution in [2.45, 2.75) is 32.4 Å². The van der Waals surface area contributed by atoms with Gasteiger partial charge in [-0.05, 0) is 49.2 Å². The predicted molar refractivity (Wildman–Crippen MR) is 126 cm³/mol. The first-order valence-electron chi connectivity index (χ1n) is 10.5. The van der Waals surface area contributed by atoms with Crippen LogP contribution in [-0.2, 0) is 11.2 Å². The molecular formula is C26H26ClN3O. The van der Waals surface area contributed by atoms with E-state index in [1.807, 2.05) is 99.8 Å². The van der Waals surface area contributed by atoms with Crippen molar-refractivity contribution in [1.82, 2.24) is 14.5 Å². The number of likely N-dealkylation sites (N-methyl/N-ethyl adjacent to an activating group) is 1. The Labute approximate surface area is 188 Å². The van der Waals surface area contributed by atoms with Gasteiger partial charge in [0.2, 0.25) is 5.91 Å². The van der Waals surface area contributed by atoms with Crippen LogP contribution in [0.5, 0.6) is 0 Å². The average Bonchev–Trinajstić information content (AvgIpc) is 3.11. The van der Waals surface area contributed by atoms with Gasteiger partial charge in [0.1, 0.15) is 11.9 Å². The van der Waals surface area contributed by atoms with Crippen molar-refractivity contribution in [1.29, 1.82) is 0 Å². The van der Waals surface area contributed by atoms with E-state index in [4.69, 9.17) is 16.6 Å². The SMILES string of the molecule is CC(C)N(C)C(=O)[C@H](c1ccccc1)n1c(Cc2cccc(Cl)c2)nc2ccccc21. The van der Waals surface area contributed by atoms with Crippen molar-refractivity contribution in [2.24, 2.45) is 0 Å². The molecule has 0 aliphatic heterocycles. The Morgan fingerprint density at radius 2 is 1.71 bits per heavy atom. The van der Waals surface area contributed by atoms with Crippen LogP contribution in [0.1, 0.15) is 36.8 Å². The van der Waals surface area contributed by atoms with Gasteiger partial charge in [0, 0.05) is 24.5 Å². The number of imidazole rings is 1. The molecule has 0 fully saturated rings. The molecule has 0 saturated heterocycles. The first-order chi connectivity index (χ1) is 15.0. The summed E-state index contributed by atoms with van der Waals surface area (Å²) >= 11 is 6.23. The molecule has 0 aliphatic rings. The van der Waals surface area contributed by atoms with Crippen LogP contribution in [0.2, 0.25) is 5.02 Å². The van der Waals surface area contributed by atoms with Gasteiger partial charge >= 0.3 is 0 Å². The summed E-state index contributed by atoms with van der Waals surface area (Å²) in [5.74, 6) is 0.875. The number of carbonyl (C=O) groups is 1. The molecule has 5 heteroatoms. The molecular weight excluding hydrogens is 406 g/mol. The lowest BCUT2D eigenvalue weighted by atomic mass is 10.0. The van der Waals surface area contributed by atoms with Crippen LogP contribution >= 0.6 is 11.6 Å². The normalized spacial score (nSPS) is 12.3. The van der Waals surface area contributed by atoms with E-state index in [2.05, 4.69) is 4.57 Å². The number of para-hydroxylation sites is 2. The fourth-order valence-electron chi connectivity index (χ4n) is 3.82. The topological polar surface area (TPSA) is 38.1 Å². The number of aromatic nitrogens is 2. The Balaban J connectivity index is 1.92. The summed E-state index contributed by atoms with van der Waals surface area (Å²) in [5.41, 5.74) is 3.82. The first kappa shape index (κ1) is 21.1. The number of hydrogen-bond acceptors (Lipinski definition) is 2. The Morgan fingerprint density at radius 1 is 1.00 bits per heavy atom. The van der Waals surface area contributed by atoms with Gasteiger partial charge < -0.3 is 9.47 Å². The minimum atomic E-state index is -0.504. The lowest BCUT2D eigenvalue weighted by Gasteiger charge is -2.29. The molecule has 4 aromatic rings. The van der Waals surface area contributed by atoms with Crippen LogP contribution in [-0.4, -0.2) is 33.4 Å². The van der Waals surface area contributed by atoms with Crippen LogP contribution < -0.4 is 0 Å². The largest absolute Gasteiger partial charge is 0.341 e. The highest BCUT2D eigenvalue weighted by molar-refractivity contribution is 6.30. The third kappa shape index (κ3) is 4.35. The summed E-state index contributed by atoms with van der Waals surface area (Å²) in [6.45, 7) is 4.05. The lowest BCUT2D eigenvalue weighted by Crippen LogP contribution is -2.39. The Morgan fingerprint density at radius 3 is 2.42 bits per heavy atom. The van der Waals surface area contributed by atoms with Gasteiger partial charge in [0.25, 0.3) is 0 Å². The molecule has 158 valence electrons. The number of halogens is 1. The highest BCUT2D eigenvalue weighted by Gasteiger charge is 2.30. The minimum absolute atomic E-state index is 0.0386. The third-order valence-electron chi connectivity index (χ3n) is 5.65. The van der Waals surface area contributed by atoms with Crippen LogP contribution in [0.4, 0.5) is 0 Å². The van der Waals surface area contributed by atoms with Crippen LogP contribution in [0, 0.1) is 0 Å². The van der Waals surface area contributed by atoms with E-state index in [0.717, 1.165) is 28.0 Å². The molecule has 1 atom stereocenters. The molecule has 31 heavy (non-hydrogen) atoms. The van der Waals surface area contributed by atoms with Gasteiger partial charge in [0.15, 0.2) is 0 Å². The number of nitrogens with zero attached hydrogens (tertiary/aromatic N) is 3. The number of fused-ring (bicyclic) bond motifs is 1. The predicted octanol–water partition coefficient (Wildman–Crippen LogP) is 5.74. The van der Waals surface area contributed by atoms with Crippen molar-refractivity contribution in [2.75, 3.05) is 7.05 Å². The third-order valence-corrected chi connectivity index (χ3v) is 5.88. The summed E-state index contributed by atoms with van der Waals surface area (Å²) in [7, 11) is 1.86. The maximum Gasteiger partial charge on any atom is 0.250 e. The number of benzene rings is 3. The number of rotatable bonds is 6. The van der Waals surface area contributed by atoms with E-state index in [1.54, 1.807) is 4.90 Å². The van der Waals surface area contributed by atoms with Crippen molar-refractivity contribution in [3.8, 4) is 0 Å². The van der Waals surface area contributed by atoms with Gasteiger partial charge in [-0.15, -0.1) is 0 Å². The molecule has 1 amide bonds. The molecule has 0 aliphatic carbocycles. The quantitative estimate of drug-likeness (QED) is 0.390. The zero-order chi connectivity index (χ0) is 22.0. The van der Waals surface area contributed by atoms with Gasteiger partial charge in [-0.3, -0.25) is 4.79 Å². The molecule has 4 nitrogen and oxygen atoms in total. The zero-order valence-corrected chi connectivity index (χ0v) is 18.8. The average molecular weight is 432 g/mol. The molecule has 4 rings (SSSR count). The Bertz CT molecular complexity index is 1200. The van der Waals surface area contributed by atoms with Crippen molar-refractivity contribution < 1.29 is 4.79 Å². The second kappa shape index (κ2) is 8.94. The second-order valence-corrected chi connectivity index (χ2v) is 8.49. The van der Waals surface area contributed by atoms with E-state index < -0.39 is 6.04 Å². The van der Waals surface area contributed by atoms with Gasteiger partial charge in [0.05, 0.1) is 11.0 Å². The fourth-order valence-corrected chi connectivity index (χ4v) is 4.03. The van der Waals surface area contributed by atoms with Crippen molar-refractivity contribution in [3.63, 3.8) is 0 Å². The van der Waals surface area contributed by atoms with Crippen LogP contribution in [0.25, 0.3) is 11.0 Å².